The number of fused-ring (bicyclic) bond motifs is 1. The van der Waals surface area contributed by atoms with Gasteiger partial charge in [0, 0.05) is 23.4 Å². The molecular weight excluding hydrogens is 260 g/mol. The Labute approximate surface area is 115 Å². The highest BCUT2D eigenvalue weighted by molar-refractivity contribution is 6.07. The smallest absolute Gasteiger partial charge is 0.258 e. The number of halogens is 2. The molecule has 0 saturated carbocycles. The van der Waals surface area contributed by atoms with Crippen LogP contribution in [-0.2, 0) is 6.42 Å². The van der Waals surface area contributed by atoms with Crippen molar-refractivity contribution in [2.24, 2.45) is 0 Å². The fourth-order valence-electron chi connectivity index (χ4n) is 2.69. The van der Waals surface area contributed by atoms with Crippen LogP contribution >= 0.6 is 0 Å². The minimum atomic E-state index is -0.742. The molecule has 2 aromatic rings. The van der Waals surface area contributed by atoms with Crippen LogP contribution in [0.5, 0.6) is 0 Å². The number of anilines is 1. The van der Waals surface area contributed by atoms with Gasteiger partial charge in [0.15, 0.2) is 0 Å². The Balaban J connectivity index is 2.02. The number of carbonyl (C=O) groups excluding carboxylic acids is 1. The summed E-state index contributed by atoms with van der Waals surface area (Å²) in [7, 11) is 0. The van der Waals surface area contributed by atoms with Crippen molar-refractivity contribution in [2.75, 3.05) is 4.90 Å². The molecule has 3 rings (SSSR count). The molecule has 0 aliphatic carbocycles. The van der Waals surface area contributed by atoms with E-state index in [4.69, 9.17) is 0 Å². The Morgan fingerprint density at radius 2 is 1.80 bits per heavy atom. The van der Waals surface area contributed by atoms with Crippen molar-refractivity contribution in [3.8, 4) is 0 Å². The molecule has 0 N–H and O–H groups in total. The van der Waals surface area contributed by atoms with E-state index in [0.717, 1.165) is 35.9 Å². The number of hydrogen-bond acceptors (Lipinski definition) is 1. The molecule has 4 heteroatoms. The first-order valence-corrected chi connectivity index (χ1v) is 6.44. The van der Waals surface area contributed by atoms with E-state index in [9.17, 15) is 13.6 Å². The van der Waals surface area contributed by atoms with Crippen molar-refractivity contribution in [3.63, 3.8) is 0 Å². The van der Waals surface area contributed by atoms with E-state index in [2.05, 4.69) is 0 Å². The van der Waals surface area contributed by atoms with Crippen molar-refractivity contribution in [2.45, 2.75) is 19.4 Å². The molecule has 1 atom stereocenters. The number of rotatable bonds is 1. The van der Waals surface area contributed by atoms with E-state index in [0.29, 0.717) is 0 Å². The molecule has 20 heavy (non-hydrogen) atoms. The Bertz CT molecular complexity index is 664. The van der Waals surface area contributed by atoms with Crippen LogP contribution < -0.4 is 4.90 Å². The zero-order chi connectivity index (χ0) is 14.3. The van der Waals surface area contributed by atoms with Crippen LogP contribution in [0.2, 0.25) is 0 Å². The molecule has 1 heterocycles. The minimum absolute atomic E-state index is 0.0220. The average Bonchev–Trinajstić information content (AvgIpc) is 2.72. The SMILES string of the molecule is C[C@@H]1Cc2ccccc2N1C(=O)c1cc(F)cc(F)c1. The second-order valence-corrected chi connectivity index (χ2v) is 5.02. The number of benzene rings is 2. The summed E-state index contributed by atoms with van der Waals surface area (Å²) in [4.78, 5) is 14.1. The minimum Gasteiger partial charge on any atom is -0.305 e. The monoisotopic (exact) mass is 273 g/mol. The summed E-state index contributed by atoms with van der Waals surface area (Å²) in [5.41, 5.74) is 1.92. The zero-order valence-corrected chi connectivity index (χ0v) is 10.9. The molecule has 1 aliphatic heterocycles. The predicted octanol–water partition coefficient (Wildman–Crippen LogP) is 3.56. The van der Waals surface area contributed by atoms with Gasteiger partial charge in [-0.15, -0.1) is 0 Å². The quantitative estimate of drug-likeness (QED) is 0.778. The third-order valence-corrected chi connectivity index (χ3v) is 3.54. The van der Waals surface area contributed by atoms with Gasteiger partial charge < -0.3 is 4.90 Å². The van der Waals surface area contributed by atoms with E-state index in [1.807, 2.05) is 31.2 Å². The molecule has 0 saturated heterocycles. The summed E-state index contributed by atoms with van der Waals surface area (Å²) in [5.74, 6) is -1.86. The topological polar surface area (TPSA) is 20.3 Å². The maximum absolute atomic E-state index is 13.3. The van der Waals surface area contributed by atoms with E-state index >= 15 is 0 Å². The molecule has 0 spiro atoms. The van der Waals surface area contributed by atoms with Crippen molar-refractivity contribution in [1.82, 2.24) is 0 Å². The van der Waals surface area contributed by atoms with E-state index in [1.165, 1.54) is 0 Å². The van der Waals surface area contributed by atoms with Gasteiger partial charge in [0.1, 0.15) is 11.6 Å². The lowest BCUT2D eigenvalue weighted by molar-refractivity contribution is 0.0980. The highest BCUT2D eigenvalue weighted by Crippen LogP contribution is 2.33. The van der Waals surface area contributed by atoms with Gasteiger partial charge in [0.25, 0.3) is 5.91 Å². The van der Waals surface area contributed by atoms with Gasteiger partial charge in [-0.05, 0) is 37.1 Å². The van der Waals surface area contributed by atoms with E-state index < -0.39 is 11.6 Å². The lowest BCUT2D eigenvalue weighted by atomic mass is 10.1. The second kappa shape index (κ2) is 4.71. The Morgan fingerprint density at radius 1 is 1.15 bits per heavy atom. The number of amides is 1. The first-order chi connectivity index (χ1) is 9.56. The number of nitrogens with zero attached hydrogens (tertiary/aromatic N) is 1. The molecular formula is C16H13F2NO. The molecule has 0 fully saturated rings. The van der Waals surface area contributed by atoms with Crippen LogP contribution in [0.4, 0.5) is 14.5 Å². The number of para-hydroxylation sites is 1. The second-order valence-electron chi connectivity index (χ2n) is 5.02. The van der Waals surface area contributed by atoms with Crippen LogP contribution in [0.1, 0.15) is 22.8 Å². The molecule has 0 bridgehead atoms. The third kappa shape index (κ3) is 2.07. The van der Waals surface area contributed by atoms with Crippen LogP contribution in [0, 0.1) is 11.6 Å². The Kier molecular flexibility index (Phi) is 3.01. The van der Waals surface area contributed by atoms with Gasteiger partial charge in [-0.3, -0.25) is 4.79 Å². The fourth-order valence-corrected chi connectivity index (χ4v) is 2.69. The van der Waals surface area contributed by atoms with Gasteiger partial charge >= 0.3 is 0 Å². The van der Waals surface area contributed by atoms with Crippen LogP contribution in [0.25, 0.3) is 0 Å². The van der Waals surface area contributed by atoms with Crippen LogP contribution in [-0.4, -0.2) is 11.9 Å². The molecule has 102 valence electrons. The largest absolute Gasteiger partial charge is 0.305 e. The molecule has 1 aliphatic rings. The van der Waals surface area contributed by atoms with Gasteiger partial charge in [-0.1, -0.05) is 18.2 Å². The number of carbonyl (C=O) groups is 1. The summed E-state index contributed by atoms with van der Waals surface area (Å²) < 4.78 is 26.5. The first-order valence-electron chi connectivity index (χ1n) is 6.44. The zero-order valence-electron chi connectivity index (χ0n) is 10.9. The summed E-state index contributed by atoms with van der Waals surface area (Å²) in [5, 5.41) is 0. The van der Waals surface area contributed by atoms with Crippen molar-refractivity contribution >= 4 is 11.6 Å². The molecule has 2 nitrogen and oxygen atoms in total. The van der Waals surface area contributed by atoms with Gasteiger partial charge in [-0.25, -0.2) is 8.78 Å². The molecule has 0 radical (unpaired) electrons. The summed E-state index contributed by atoms with van der Waals surface area (Å²) in [6.07, 6.45) is 0.750. The molecule has 0 aromatic heterocycles. The summed E-state index contributed by atoms with van der Waals surface area (Å²) >= 11 is 0. The molecule has 0 unspecified atom stereocenters. The first kappa shape index (κ1) is 12.8. The highest BCUT2D eigenvalue weighted by Gasteiger charge is 2.31. The van der Waals surface area contributed by atoms with Crippen LogP contribution in [0.15, 0.2) is 42.5 Å². The molecule has 1 amide bonds. The van der Waals surface area contributed by atoms with Crippen LogP contribution in [0.3, 0.4) is 0 Å². The Hall–Kier alpha value is -2.23. The fraction of sp³-hybridized carbons (Fsp3) is 0.188. The maximum atomic E-state index is 13.3. The lowest BCUT2D eigenvalue weighted by Crippen LogP contribution is -2.35. The highest BCUT2D eigenvalue weighted by atomic mass is 19.1. The third-order valence-electron chi connectivity index (χ3n) is 3.54. The number of hydrogen-bond donors (Lipinski definition) is 0. The van der Waals surface area contributed by atoms with Gasteiger partial charge in [-0.2, -0.15) is 0 Å². The van der Waals surface area contributed by atoms with Crippen molar-refractivity contribution in [3.05, 3.63) is 65.2 Å². The standard InChI is InChI=1S/C16H13F2NO/c1-10-6-11-4-2-3-5-15(11)19(10)16(20)12-7-13(17)9-14(18)8-12/h2-5,7-10H,6H2,1H3/t10-/m1/s1. The van der Waals surface area contributed by atoms with E-state index in [-0.39, 0.29) is 17.5 Å². The maximum Gasteiger partial charge on any atom is 0.258 e. The molecule has 2 aromatic carbocycles. The van der Waals surface area contributed by atoms with Crippen molar-refractivity contribution < 1.29 is 13.6 Å². The predicted molar refractivity (Wildman–Crippen MR) is 72.8 cm³/mol. The normalized spacial score (nSPS) is 17.1. The van der Waals surface area contributed by atoms with Crippen molar-refractivity contribution in [1.29, 1.82) is 0 Å². The lowest BCUT2D eigenvalue weighted by Gasteiger charge is -2.22. The Morgan fingerprint density at radius 3 is 2.50 bits per heavy atom. The average molecular weight is 273 g/mol. The summed E-state index contributed by atoms with van der Waals surface area (Å²) in [6.45, 7) is 1.92. The van der Waals surface area contributed by atoms with Gasteiger partial charge in [0.2, 0.25) is 0 Å². The van der Waals surface area contributed by atoms with E-state index in [1.54, 1.807) is 4.90 Å². The van der Waals surface area contributed by atoms with Gasteiger partial charge in [0.05, 0.1) is 0 Å². The summed E-state index contributed by atoms with van der Waals surface area (Å²) in [6, 6.07) is 10.5.